The Morgan fingerprint density at radius 1 is 1.09 bits per heavy atom. The fraction of sp³-hybridized carbons (Fsp3) is 0.296. The SMILES string of the molecule is OC1(c2ccc(Cl)cc2)CCN(CC/C=C2/Cc3c(Br)cccc3Oc3ncccc32)CC1. The first-order chi connectivity index (χ1) is 16.0. The Bertz CT molecular complexity index is 1170. The maximum absolute atomic E-state index is 11.1. The monoisotopic (exact) mass is 524 g/mol. The third kappa shape index (κ3) is 4.87. The van der Waals surface area contributed by atoms with Crippen LogP contribution in [-0.4, -0.2) is 34.6 Å². The number of piperidine rings is 1. The van der Waals surface area contributed by atoms with Crippen molar-refractivity contribution in [1.29, 1.82) is 0 Å². The zero-order valence-corrected chi connectivity index (χ0v) is 20.6. The van der Waals surface area contributed by atoms with E-state index >= 15 is 0 Å². The van der Waals surface area contributed by atoms with Crippen molar-refractivity contribution in [3.05, 3.63) is 93.1 Å². The minimum absolute atomic E-state index is 0.659. The Morgan fingerprint density at radius 2 is 1.88 bits per heavy atom. The number of ether oxygens (including phenoxy) is 1. The Morgan fingerprint density at radius 3 is 2.67 bits per heavy atom. The lowest BCUT2D eigenvalue weighted by Crippen LogP contribution is -2.42. The fourth-order valence-corrected chi connectivity index (χ4v) is 5.33. The van der Waals surface area contributed by atoms with Crippen LogP contribution in [0.5, 0.6) is 11.6 Å². The number of benzene rings is 2. The fourth-order valence-electron chi connectivity index (χ4n) is 4.71. The minimum Gasteiger partial charge on any atom is -0.438 e. The summed E-state index contributed by atoms with van der Waals surface area (Å²) < 4.78 is 7.21. The van der Waals surface area contributed by atoms with E-state index in [1.807, 2.05) is 42.5 Å². The molecule has 4 nitrogen and oxygen atoms in total. The highest BCUT2D eigenvalue weighted by atomic mass is 79.9. The van der Waals surface area contributed by atoms with Gasteiger partial charge in [0, 0.05) is 52.9 Å². The molecule has 0 bridgehead atoms. The van der Waals surface area contributed by atoms with E-state index in [0.29, 0.717) is 10.9 Å². The lowest BCUT2D eigenvalue weighted by atomic mass is 9.84. The molecule has 2 aliphatic rings. The molecule has 0 spiro atoms. The van der Waals surface area contributed by atoms with Crippen LogP contribution in [0.2, 0.25) is 5.02 Å². The summed E-state index contributed by atoms with van der Waals surface area (Å²) in [5.74, 6) is 1.51. The zero-order chi connectivity index (χ0) is 22.8. The molecular weight excluding hydrogens is 500 g/mol. The highest BCUT2D eigenvalue weighted by molar-refractivity contribution is 9.10. The molecule has 170 valence electrons. The number of nitrogens with zero attached hydrogens (tertiary/aromatic N) is 2. The quantitative estimate of drug-likeness (QED) is 0.417. The third-order valence-electron chi connectivity index (χ3n) is 6.67. The van der Waals surface area contributed by atoms with E-state index in [1.165, 1.54) is 5.57 Å². The first-order valence-electron chi connectivity index (χ1n) is 11.3. The van der Waals surface area contributed by atoms with Crippen LogP contribution >= 0.6 is 27.5 Å². The van der Waals surface area contributed by atoms with E-state index < -0.39 is 5.60 Å². The van der Waals surface area contributed by atoms with Gasteiger partial charge in [-0.05, 0) is 66.8 Å². The highest BCUT2D eigenvalue weighted by Crippen LogP contribution is 2.40. The van der Waals surface area contributed by atoms with Gasteiger partial charge in [0.1, 0.15) is 5.75 Å². The number of aromatic nitrogens is 1. The molecule has 2 aromatic carbocycles. The van der Waals surface area contributed by atoms with Crippen LogP contribution in [-0.2, 0) is 12.0 Å². The number of rotatable bonds is 4. The predicted octanol–water partition coefficient (Wildman–Crippen LogP) is 6.60. The first-order valence-corrected chi connectivity index (χ1v) is 12.5. The van der Waals surface area contributed by atoms with E-state index in [0.717, 1.165) is 72.2 Å². The first kappa shape index (κ1) is 22.6. The smallest absolute Gasteiger partial charge is 0.226 e. The number of pyridine rings is 1. The summed E-state index contributed by atoms with van der Waals surface area (Å²) in [7, 11) is 0. The van der Waals surface area contributed by atoms with Crippen LogP contribution in [0.25, 0.3) is 5.57 Å². The van der Waals surface area contributed by atoms with Gasteiger partial charge in [-0.1, -0.05) is 51.8 Å². The van der Waals surface area contributed by atoms with Crippen molar-refractivity contribution in [1.82, 2.24) is 9.88 Å². The number of hydrogen-bond acceptors (Lipinski definition) is 4. The van der Waals surface area contributed by atoms with E-state index in [1.54, 1.807) is 6.20 Å². The van der Waals surface area contributed by atoms with Gasteiger partial charge in [0.25, 0.3) is 0 Å². The maximum Gasteiger partial charge on any atom is 0.226 e. The highest BCUT2D eigenvalue weighted by Gasteiger charge is 2.33. The Balaban J connectivity index is 1.27. The molecular formula is C27H26BrClN2O2. The van der Waals surface area contributed by atoms with Gasteiger partial charge in [0.2, 0.25) is 5.88 Å². The summed E-state index contributed by atoms with van der Waals surface area (Å²) in [5.41, 5.74) is 3.63. The third-order valence-corrected chi connectivity index (χ3v) is 7.66. The largest absolute Gasteiger partial charge is 0.438 e. The molecule has 0 aliphatic carbocycles. The van der Waals surface area contributed by atoms with E-state index in [2.05, 4.69) is 44.0 Å². The van der Waals surface area contributed by atoms with Crippen molar-refractivity contribution in [3.63, 3.8) is 0 Å². The zero-order valence-electron chi connectivity index (χ0n) is 18.3. The van der Waals surface area contributed by atoms with E-state index in [-0.39, 0.29) is 0 Å². The van der Waals surface area contributed by atoms with Gasteiger partial charge in [-0.15, -0.1) is 0 Å². The number of halogens is 2. The molecule has 1 N–H and O–H groups in total. The second-order valence-electron chi connectivity index (χ2n) is 8.75. The van der Waals surface area contributed by atoms with Crippen molar-refractivity contribution in [2.45, 2.75) is 31.3 Å². The lowest BCUT2D eigenvalue weighted by molar-refractivity contribution is -0.0254. The summed E-state index contributed by atoms with van der Waals surface area (Å²) >= 11 is 9.70. The van der Waals surface area contributed by atoms with Gasteiger partial charge in [-0.3, -0.25) is 0 Å². The van der Waals surface area contributed by atoms with Crippen LogP contribution in [0.3, 0.4) is 0 Å². The summed E-state index contributed by atoms with van der Waals surface area (Å²) in [5, 5.41) is 11.8. The van der Waals surface area contributed by atoms with Crippen molar-refractivity contribution in [2.24, 2.45) is 0 Å². The van der Waals surface area contributed by atoms with Gasteiger partial charge in [0.15, 0.2) is 0 Å². The van der Waals surface area contributed by atoms with Gasteiger partial charge in [-0.2, -0.15) is 0 Å². The van der Waals surface area contributed by atoms with Crippen molar-refractivity contribution >= 4 is 33.1 Å². The normalized spacial score (nSPS) is 18.8. The van der Waals surface area contributed by atoms with Crippen LogP contribution in [0.4, 0.5) is 0 Å². The Hall–Kier alpha value is -2.18. The summed E-state index contributed by atoms with van der Waals surface area (Å²) in [4.78, 5) is 6.91. The lowest BCUT2D eigenvalue weighted by Gasteiger charge is -2.38. The van der Waals surface area contributed by atoms with Crippen LogP contribution in [0.1, 0.15) is 36.0 Å². The predicted molar refractivity (Wildman–Crippen MR) is 136 cm³/mol. The van der Waals surface area contributed by atoms with Gasteiger partial charge in [-0.25, -0.2) is 4.98 Å². The average Bonchev–Trinajstić information content (AvgIpc) is 2.98. The summed E-state index contributed by atoms with van der Waals surface area (Å²) in [6.07, 6.45) is 7.28. The molecule has 2 aliphatic heterocycles. The molecule has 0 amide bonds. The molecule has 1 fully saturated rings. The average molecular weight is 526 g/mol. The summed E-state index contributed by atoms with van der Waals surface area (Å²) in [6, 6.07) is 17.7. The van der Waals surface area contributed by atoms with E-state index in [9.17, 15) is 5.11 Å². The molecule has 0 atom stereocenters. The number of fused-ring (bicyclic) bond motifs is 2. The number of hydrogen-bond donors (Lipinski definition) is 1. The second-order valence-corrected chi connectivity index (χ2v) is 10.0. The molecule has 0 saturated carbocycles. The van der Waals surface area contributed by atoms with Crippen molar-refractivity contribution in [3.8, 4) is 11.6 Å². The van der Waals surface area contributed by atoms with Gasteiger partial charge in [0.05, 0.1) is 5.60 Å². The molecule has 33 heavy (non-hydrogen) atoms. The molecule has 0 unspecified atom stereocenters. The molecule has 3 aromatic rings. The molecule has 0 radical (unpaired) electrons. The summed E-state index contributed by atoms with van der Waals surface area (Å²) in [6.45, 7) is 2.70. The molecule has 5 rings (SSSR count). The van der Waals surface area contributed by atoms with Gasteiger partial charge < -0.3 is 14.7 Å². The van der Waals surface area contributed by atoms with Crippen LogP contribution in [0, 0.1) is 0 Å². The Labute approximate surface area is 208 Å². The maximum atomic E-state index is 11.1. The number of allylic oxidation sites excluding steroid dienone is 1. The minimum atomic E-state index is -0.765. The van der Waals surface area contributed by atoms with Gasteiger partial charge >= 0.3 is 0 Å². The molecule has 6 heteroatoms. The second kappa shape index (κ2) is 9.59. The Kier molecular flexibility index (Phi) is 6.57. The van der Waals surface area contributed by atoms with E-state index in [4.69, 9.17) is 16.3 Å². The topological polar surface area (TPSA) is 45.6 Å². The van der Waals surface area contributed by atoms with Crippen molar-refractivity contribution in [2.75, 3.05) is 19.6 Å². The molecule has 3 heterocycles. The standard InChI is InChI=1S/C27H26BrClN2O2/c28-24-6-1-7-25-23(24)18-19(22-5-2-14-30-26(22)33-25)4-3-15-31-16-12-27(32,13-17-31)20-8-10-21(29)11-9-20/h1-2,4-11,14,32H,3,12-13,15-18H2/b19-4-. The van der Waals surface area contributed by atoms with Crippen LogP contribution in [0.15, 0.2) is 71.3 Å². The van der Waals surface area contributed by atoms with Crippen LogP contribution < -0.4 is 4.74 Å². The molecule has 1 aromatic heterocycles. The number of aliphatic hydroxyl groups is 1. The van der Waals surface area contributed by atoms with Crippen molar-refractivity contribution < 1.29 is 9.84 Å². The number of likely N-dealkylation sites (tertiary alicyclic amines) is 1. The molecule has 1 saturated heterocycles.